The highest BCUT2D eigenvalue weighted by Gasteiger charge is 2.47. The van der Waals surface area contributed by atoms with Crippen LogP contribution in [0, 0.1) is 0 Å². The van der Waals surface area contributed by atoms with Crippen LogP contribution in [0.3, 0.4) is 0 Å². The zero-order valence-electron chi connectivity index (χ0n) is 76.3. The number of fused-ring (bicyclic) bond motifs is 2. The molecule has 2 unspecified atom stereocenters. The van der Waals surface area contributed by atoms with Gasteiger partial charge in [0.25, 0.3) is 11.8 Å². The number of carbonyl (C=O) groups excluding carboxylic acids is 10. The number of nitrogens with zero attached hydrogens (tertiary/aromatic N) is 5. The number of aryl methyl sites for hydroxylation is 2. The highest BCUT2D eigenvalue weighted by atomic mass is 33.1. The Labute approximate surface area is 802 Å². The number of unbranched alkanes of at least 4 members (excludes halogenated alkanes) is 2. The molecule has 14 atom stereocenters. The number of aliphatic hydroxyl groups is 6. The summed E-state index contributed by atoms with van der Waals surface area (Å²) < 4.78 is 72.1. The van der Waals surface area contributed by atoms with E-state index in [1.54, 1.807) is 21.6 Å². The maximum atomic E-state index is 12.4. The number of nitrogens with two attached hydrogens (primary N) is 3. The Kier molecular flexibility index (Phi) is 58.2. The van der Waals surface area contributed by atoms with Gasteiger partial charge in [-0.1, -0.05) is 56.0 Å². The molecule has 0 aromatic carbocycles. The SMILES string of the molecule is NCCCc1cn([C@@H]2O[C@H](CO)C(O)[C@@H]2O)c(=O)nc1N.Nc1nc(=O)n([C@@H]2O[C@H](CO)C(O)[C@@H]2O)cc1CCCNC(=O)CCSSCCNC(=O)CCOCCOCCOCCOCCNC(=O)CCCC[C@@H]1SC[C@@H]2NC(=O)N[C@@H]21.O=C(CCCC[C@@H]1SC[C@@H]2NC(=O)N[C@@H]21)NCCOCCOCCOCCOCCC(=O)NCCSSCCC(=O)ON1C(=O)CCC1=O.[2H]CF. The van der Waals surface area contributed by atoms with E-state index in [4.69, 9.17) is 75.9 Å². The number of halogens is 1. The highest BCUT2D eigenvalue weighted by Crippen LogP contribution is 2.36. The third-order valence-corrected chi connectivity index (χ3v) is 28.8. The molecule has 7 aliphatic heterocycles. The van der Waals surface area contributed by atoms with Gasteiger partial charge in [0.15, 0.2) is 12.5 Å². The number of amides is 11. The van der Waals surface area contributed by atoms with Crippen molar-refractivity contribution in [3.63, 3.8) is 0 Å². The van der Waals surface area contributed by atoms with Crippen LogP contribution in [0.15, 0.2) is 22.0 Å². The number of urea groups is 2. The van der Waals surface area contributed by atoms with Crippen molar-refractivity contribution in [3.05, 3.63) is 44.5 Å². The largest absolute Gasteiger partial charge is 0.394 e. The zero-order valence-corrected chi connectivity index (χ0v) is 80.2. The van der Waals surface area contributed by atoms with E-state index in [9.17, 15) is 87.5 Å². The minimum atomic E-state index is -1.43. The van der Waals surface area contributed by atoms with Gasteiger partial charge in [0.05, 0.1) is 158 Å². The Balaban J connectivity index is 0.000000338. The van der Waals surface area contributed by atoms with Crippen molar-refractivity contribution >= 4 is 138 Å². The molecule has 21 N–H and O–H groups in total. The maximum Gasteiger partial charge on any atom is 0.351 e. The van der Waals surface area contributed by atoms with Crippen LogP contribution in [0.5, 0.6) is 0 Å². The molecule has 7 aliphatic rings. The van der Waals surface area contributed by atoms with Crippen LogP contribution in [-0.4, -0.2) is 385 Å². The second-order valence-electron chi connectivity index (χ2n) is 30.9. The van der Waals surface area contributed by atoms with E-state index in [-0.39, 0.29) is 123 Å². The number of nitrogens with one attached hydrogen (secondary N) is 9. The molecule has 0 aliphatic carbocycles. The summed E-state index contributed by atoms with van der Waals surface area (Å²) in [5.74, 6) is 2.51. The van der Waals surface area contributed by atoms with E-state index >= 15 is 0 Å². The molecule has 7 fully saturated rings. The van der Waals surface area contributed by atoms with E-state index in [0.29, 0.717) is 226 Å². The normalized spacial score (nSPS) is 22.5. The number of ether oxygens (including phenoxy) is 10. The molecule has 46 nitrogen and oxygen atoms in total. The van der Waals surface area contributed by atoms with Gasteiger partial charge in [-0.2, -0.15) is 33.5 Å². The number of rotatable bonds is 66. The number of hydroxylamine groups is 2. The van der Waals surface area contributed by atoms with Gasteiger partial charge in [-0.15, -0.1) is 5.06 Å². The lowest BCUT2D eigenvalue weighted by Gasteiger charge is -2.18. The van der Waals surface area contributed by atoms with Crippen molar-refractivity contribution in [3.8, 4) is 0 Å². The smallest absolute Gasteiger partial charge is 0.351 e. The minimum Gasteiger partial charge on any atom is -0.394 e. The number of nitrogen functional groups attached to an aromatic ring is 2. The predicted octanol–water partition coefficient (Wildman–Crippen LogP) is -2.63. The summed E-state index contributed by atoms with van der Waals surface area (Å²) in [5, 5.41) is 85.8. The molecule has 0 bridgehead atoms. The predicted molar refractivity (Wildman–Crippen MR) is 500 cm³/mol. The Bertz CT molecular complexity index is 3970. The van der Waals surface area contributed by atoms with Crippen LogP contribution in [0.25, 0.3) is 0 Å². The van der Waals surface area contributed by atoms with Gasteiger partial charge >= 0.3 is 29.4 Å². The number of anilines is 2. The summed E-state index contributed by atoms with van der Waals surface area (Å²) in [4.78, 5) is 154. The van der Waals surface area contributed by atoms with E-state index in [2.05, 4.69) is 57.8 Å². The summed E-state index contributed by atoms with van der Waals surface area (Å²) in [6.45, 7) is 8.01. The molecule has 53 heteroatoms. The number of hydrogen-bond acceptors (Lipinski definition) is 40. The number of alkyl halides is 1. The maximum absolute atomic E-state index is 12.4. The van der Waals surface area contributed by atoms with Crippen molar-refractivity contribution in [2.75, 3.05) is 211 Å². The lowest BCUT2D eigenvalue weighted by Crippen LogP contribution is -2.36. The van der Waals surface area contributed by atoms with E-state index in [0.717, 1.165) is 59.2 Å². The Morgan fingerprint density at radius 1 is 0.478 bits per heavy atom. The Hall–Kier alpha value is -6.79. The third kappa shape index (κ3) is 44.1. The molecule has 9 rings (SSSR count). The van der Waals surface area contributed by atoms with Crippen molar-refractivity contribution in [2.24, 2.45) is 5.73 Å². The average Bonchev–Trinajstić information content (AvgIpc) is 1.67. The minimum absolute atomic E-state index is 0.0179. The molecule has 0 saturated carbocycles. The first-order chi connectivity index (χ1) is 65.3. The number of thioether (sulfide) groups is 2. The van der Waals surface area contributed by atoms with Crippen molar-refractivity contribution in [2.45, 2.75) is 199 Å². The standard InChI is InChI=1S/C38H64N8O13S3.C30H49N5O11S3.C12H20N4O5.CH3F/c39-35-25(22-46(38(54)45-35)36-34(52)33(51)27(23-47)59-36)4-3-9-40-31(50)8-20-61-62-21-11-42-30(49)7-12-55-14-16-57-18-19-58-17-15-56-13-10-41-29(48)6-2-1-5-28-32-26(24-60-28)43-37(53)44-32;36-24(4-2-1-3-23-29-22(21-47-23)33-30(41)34-29)31-9-12-43-14-16-45-18-17-44-15-13-42-11-7-25(37)32-10-20-49-48-19-8-28(40)46-35-26(38)5-6-27(35)39;13-3-1-2-6-4-16(12(20)15-10(6)14)11-9(19)8(18)7(5-17)21-11;1-2/h22,26-28,32-34,36,47,51-52H,1-21,23-24H2,(H,40,50)(H,41,48)(H,42,49)(H2,39,45,54)(H2,43,44,53);22-23,29H,1-21H2,(H,31,36)(H,32,37)(H2,33,34,41);4,7-9,11,17-19H,1-3,5,13H2,(H2,14,15,20);1H3/t26-,27+,28-,32-,33?,34-,36+;22-,23-,29-;7-,8?,9+,11-;/m001./s1/i;;;1D. The van der Waals surface area contributed by atoms with Crippen LogP contribution < -0.4 is 76.4 Å². The van der Waals surface area contributed by atoms with Crippen LogP contribution in [-0.2, 0) is 103 Å². The fourth-order valence-corrected chi connectivity index (χ4v) is 20.8. The molecule has 0 radical (unpaired) electrons. The van der Waals surface area contributed by atoms with Gasteiger partial charge < -0.3 is 148 Å². The van der Waals surface area contributed by atoms with Crippen LogP contribution >= 0.6 is 66.7 Å². The van der Waals surface area contributed by atoms with Crippen LogP contribution in [0.2, 0.25) is 0 Å². The Morgan fingerprint density at radius 3 is 1.24 bits per heavy atom. The highest BCUT2D eigenvalue weighted by molar-refractivity contribution is 8.77. The third-order valence-electron chi connectivity index (χ3n) is 21.0. The summed E-state index contributed by atoms with van der Waals surface area (Å²) in [7, 11) is 5.04. The topological polar surface area (TPSA) is 653 Å². The summed E-state index contributed by atoms with van der Waals surface area (Å²) in [5.41, 5.74) is 16.7. The first kappa shape index (κ1) is 114. The molecular formula is C81H136FN17O29S6. The van der Waals surface area contributed by atoms with Crippen LogP contribution in [0.1, 0.15) is 128 Å². The number of aliphatic hydroxyl groups excluding tert-OH is 6. The van der Waals surface area contributed by atoms with Crippen molar-refractivity contribution in [1.29, 1.82) is 0 Å². The number of imide groups is 1. The fraction of sp³-hybridized carbons (Fsp3) is 0.778. The van der Waals surface area contributed by atoms with Gasteiger partial charge in [0.1, 0.15) is 48.3 Å². The van der Waals surface area contributed by atoms with Crippen LogP contribution in [0.4, 0.5) is 25.6 Å². The first-order valence-electron chi connectivity index (χ1n) is 45.4. The van der Waals surface area contributed by atoms with E-state index in [1.807, 2.05) is 23.5 Å². The molecule has 7 saturated heterocycles. The zero-order chi connectivity index (χ0) is 97.9. The van der Waals surface area contributed by atoms with Gasteiger partial charge in [0.2, 0.25) is 29.5 Å². The van der Waals surface area contributed by atoms with Gasteiger partial charge in [-0.05, 0) is 57.9 Å². The monoisotopic (exact) mass is 2020 g/mol. The molecule has 2 aromatic rings. The Morgan fingerprint density at radius 2 is 0.836 bits per heavy atom. The lowest BCUT2D eigenvalue weighted by molar-refractivity contribution is -0.197. The molecule has 134 heavy (non-hydrogen) atoms. The molecule has 9 heterocycles. The number of hydrogen-bond donors (Lipinski definition) is 18. The second kappa shape index (κ2) is 68.3. The van der Waals surface area contributed by atoms with E-state index in [1.165, 1.54) is 34.0 Å². The van der Waals surface area contributed by atoms with E-state index < -0.39 is 98.6 Å². The molecule has 2 aromatic heterocycles. The van der Waals surface area contributed by atoms with Crippen molar-refractivity contribution in [1.82, 2.24) is 72.0 Å². The van der Waals surface area contributed by atoms with Gasteiger partial charge in [-0.25, -0.2) is 24.0 Å². The fourth-order valence-electron chi connectivity index (χ4n) is 13.9. The molecule has 0 spiro atoms. The average molecular weight is 2020 g/mol. The van der Waals surface area contributed by atoms with Gasteiger partial charge in [0, 0.05) is 146 Å². The molecule has 762 valence electrons. The molecule has 11 amide bonds. The first-order valence-corrected chi connectivity index (χ1v) is 51.8. The summed E-state index contributed by atoms with van der Waals surface area (Å²) >= 11 is 3.77. The summed E-state index contributed by atoms with van der Waals surface area (Å²) in [6, 6.07) is 0.725. The second-order valence-corrected chi connectivity index (χ2v) is 38.8. The quantitative estimate of drug-likeness (QED) is 0.0139. The van der Waals surface area contributed by atoms with Gasteiger partial charge in [-0.3, -0.25) is 47.1 Å². The van der Waals surface area contributed by atoms with Crippen molar-refractivity contribution < 1.29 is 137 Å². The summed E-state index contributed by atoms with van der Waals surface area (Å²) in [6.07, 6.45) is 2.74. The lowest BCUT2D eigenvalue weighted by atomic mass is 10.0. The number of carbonyl (C=O) groups is 10. The number of aromatic nitrogens is 4. The molecular weight excluding hydrogens is 1890 g/mol.